The van der Waals surface area contributed by atoms with E-state index in [0.717, 1.165) is 0 Å². The molecule has 0 fully saturated rings. The smallest absolute Gasteiger partial charge is 0.303 e. The van der Waals surface area contributed by atoms with Gasteiger partial charge in [0.15, 0.2) is 0 Å². The molecule has 0 radical (unpaired) electrons. The number of carboxylic acid groups (broad SMARTS) is 1. The number of aliphatic hydroxyl groups is 1. The van der Waals surface area contributed by atoms with Gasteiger partial charge in [-0.25, -0.2) is 0 Å². The van der Waals surface area contributed by atoms with Crippen LogP contribution in [0.1, 0.15) is 33.1 Å². The molecule has 0 unspecified atom stereocenters. The van der Waals surface area contributed by atoms with Crippen molar-refractivity contribution < 1.29 is 19.8 Å². The van der Waals surface area contributed by atoms with Gasteiger partial charge in [0, 0.05) is 12.8 Å². The zero-order valence-corrected chi connectivity index (χ0v) is 9.19. The first kappa shape index (κ1) is 13.9. The van der Waals surface area contributed by atoms with Crippen molar-refractivity contribution in [1.82, 2.24) is 5.32 Å². The van der Waals surface area contributed by atoms with Crippen LogP contribution in [0.2, 0.25) is 0 Å². The van der Waals surface area contributed by atoms with Gasteiger partial charge in [0.05, 0.1) is 12.6 Å². The summed E-state index contributed by atoms with van der Waals surface area (Å²) in [7, 11) is 0. The molecule has 0 bridgehead atoms. The van der Waals surface area contributed by atoms with Gasteiger partial charge in [-0.2, -0.15) is 0 Å². The van der Waals surface area contributed by atoms with Crippen LogP contribution in [0.3, 0.4) is 0 Å². The third-order valence-electron chi connectivity index (χ3n) is 2.14. The molecule has 0 aromatic heterocycles. The Morgan fingerprint density at radius 3 is 2.27 bits per heavy atom. The molecule has 5 nitrogen and oxygen atoms in total. The highest BCUT2D eigenvalue weighted by Gasteiger charge is 2.14. The number of carbonyl (C=O) groups is 2. The van der Waals surface area contributed by atoms with Gasteiger partial charge in [-0.15, -0.1) is 0 Å². The van der Waals surface area contributed by atoms with Gasteiger partial charge in [-0.3, -0.25) is 9.59 Å². The van der Waals surface area contributed by atoms with Crippen LogP contribution in [-0.2, 0) is 9.59 Å². The average Bonchev–Trinajstić information content (AvgIpc) is 2.13. The second-order valence-corrected chi connectivity index (χ2v) is 3.85. The van der Waals surface area contributed by atoms with E-state index < -0.39 is 5.97 Å². The third-order valence-corrected chi connectivity index (χ3v) is 2.14. The van der Waals surface area contributed by atoms with Crippen molar-refractivity contribution in [2.24, 2.45) is 5.92 Å². The van der Waals surface area contributed by atoms with Crippen LogP contribution in [0.15, 0.2) is 0 Å². The van der Waals surface area contributed by atoms with E-state index in [1.54, 1.807) is 0 Å². The molecule has 3 N–H and O–H groups in total. The van der Waals surface area contributed by atoms with Gasteiger partial charge in [0.2, 0.25) is 5.91 Å². The molecule has 0 aromatic rings. The summed E-state index contributed by atoms with van der Waals surface area (Å²) >= 11 is 0. The molecule has 15 heavy (non-hydrogen) atoms. The average molecular weight is 217 g/mol. The molecule has 0 saturated heterocycles. The first-order valence-electron chi connectivity index (χ1n) is 5.09. The lowest BCUT2D eigenvalue weighted by Gasteiger charge is -2.19. The first-order valence-corrected chi connectivity index (χ1v) is 5.09. The lowest BCUT2D eigenvalue weighted by atomic mass is 10.1. The van der Waals surface area contributed by atoms with Crippen molar-refractivity contribution >= 4 is 11.9 Å². The Labute approximate surface area is 89.5 Å². The number of amides is 1. The summed E-state index contributed by atoms with van der Waals surface area (Å²) in [5.41, 5.74) is 0. The Balaban J connectivity index is 3.76. The summed E-state index contributed by atoms with van der Waals surface area (Å²) in [6, 6.07) is -0.248. The molecule has 0 aromatic carbocycles. The molecule has 0 saturated carbocycles. The highest BCUT2D eigenvalue weighted by molar-refractivity contribution is 5.77. The fourth-order valence-corrected chi connectivity index (χ4v) is 1.10. The van der Waals surface area contributed by atoms with E-state index in [2.05, 4.69) is 5.32 Å². The fraction of sp³-hybridized carbons (Fsp3) is 0.800. The van der Waals surface area contributed by atoms with Gasteiger partial charge in [-0.05, 0) is 12.3 Å². The zero-order chi connectivity index (χ0) is 11.8. The van der Waals surface area contributed by atoms with E-state index in [-0.39, 0.29) is 37.3 Å². The zero-order valence-electron chi connectivity index (χ0n) is 9.19. The molecule has 1 amide bonds. The van der Waals surface area contributed by atoms with Crippen LogP contribution in [0, 0.1) is 5.92 Å². The van der Waals surface area contributed by atoms with Crippen LogP contribution < -0.4 is 5.32 Å². The molecule has 0 spiro atoms. The predicted molar refractivity (Wildman–Crippen MR) is 55.3 cm³/mol. The normalized spacial score (nSPS) is 12.5. The van der Waals surface area contributed by atoms with Crippen LogP contribution in [0.4, 0.5) is 0 Å². The van der Waals surface area contributed by atoms with E-state index in [4.69, 9.17) is 10.2 Å². The Morgan fingerprint density at radius 2 is 1.87 bits per heavy atom. The number of rotatable bonds is 7. The molecule has 88 valence electrons. The van der Waals surface area contributed by atoms with Crippen LogP contribution >= 0.6 is 0 Å². The van der Waals surface area contributed by atoms with Gasteiger partial charge in [0.25, 0.3) is 0 Å². The summed E-state index contributed by atoms with van der Waals surface area (Å²) in [6.45, 7) is 3.71. The number of carboxylic acids is 1. The molecule has 1 atom stereocenters. The standard InChI is InChI=1S/C10H19NO4/c1-7(2)8(6-12)11-9(13)4-3-5-10(14)15/h7-8,12H,3-6H2,1-2H3,(H,11,13)(H,14,15)/t8-/m1/s1. The Hall–Kier alpha value is -1.10. The summed E-state index contributed by atoms with van der Waals surface area (Å²) in [6.07, 6.45) is 0.520. The molecule has 0 aliphatic heterocycles. The maximum Gasteiger partial charge on any atom is 0.303 e. The predicted octanol–water partition coefficient (Wildman–Crippen LogP) is 0.374. The third kappa shape index (κ3) is 6.90. The Kier molecular flexibility index (Phi) is 6.70. The summed E-state index contributed by atoms with van der Waals surface area (Å²) in [5, 5.41) is 20.0. The molecule has 0 rings (SSSR count). The summed E-state index contributed by atoms with van der Waals surface area (Å²) in [4.78, 5) is 21.5. The van der Waals surface area contributed by atoms with Crippen molar-refractivity contribution in [2.75, 3.05) is 6.61 Å². The van der Waals surface area contributed by atoms with Gasteiger partial charge < -0.3 is 15.5 Å². The van der Waals surface area contributed by atoms with Crippen LogP contribution in [0.5, 0.6) is 0 Å². The van der Waals surface area contributed by atoms with E-state index in [1.807, 2.05) is 13.8 Å². The van der Waals surface area contributed by atoms with E-state index in [9.17, 15) is 9.59 Å². The van der Waals surface area contributed by atoms with E-state index in [1.165, 1.54) is 0 Å². The molecule has 0 heterocycles. The van der Waals surface area contributed by atoms with Gasteiger partial charge >= 0.3 is 5.97 Å². The van der Waals surface area contributed by atoms with Crippen molar-refractivity contribution in [3.63, 3.8) is 0 Å². The number of aliphatic carboxylic acids is 1. The molecular formula is C10H19NO4. The minimum atomic E-state index is -0.898. The Bertz CT molecular complexity index is 215. The Morgan fingerprint density at radius 1 is 1.27 bits per heavy atom. The van der Waals surface area contributed by atoms with E-state index in [0.29, 0.717) is 6.42 Å². The highest BCUT2D eigenvalue weighted by atomic mass is 16.4. The second-order valence-electron chi connectivity index (χ2n) is 3.85. The summed E-state index contributed by atoms with van der Waals surface area (Å²) in [5.74, 6) is -0.937. The monoisotopic (exact) mass is 217 g/mol. The molecule has 0 aliphatic carbocycles. The van der Waals surface area contributed by atoms with Crippen molar-refractivity contribution in [3.8, 4) is 0 Å². The second kappa shape index (κ2) is 7.23. The number of hydrogen-bond donors (Lipinski definition) is 3. The van der Waals surface area contributed by atoms with Crippen LogP contribution in [-0.4, -0.2) is 34.7 Å². The van der Waals surface area contributed by atoms with Gasteiger partial charge in [0.1, 0.15) is 0 Å². The van der Waals surface area contributed by atoms with Crippen molar-refractivity contribution in [1.29, 1.82) is 0 Å². The number of hydrogen-bond acceptors (Lipinski definition) is 3. The summed E-state index contributed by atoms with van der Waals surface area (Å²) < 4.78 is 0. The number of nitrogens with one attached hydrogen (secondary N) is 1. The molecule has 5 heteroatoms. The number of carbonyl (C=O) groups excluding carboxylic acids is 1. The molecular weight excluding hydrogens is 198 g/mol. The van der Waals surface area contributed by atoms with E-state index >= 15 is 0 Å². The lowest BCUT2D eigenvalue weighted by Crippen LogP contribution is -2.41. The fourth-order valence-electron chi connectivity index (χ4n) is 1.10. The van der Waals surface area contributed by atoms with Crippen LogP contribution in [0.25, 0.3) is 0 Å². The minimum Gasteiger partial charge on any atom is -0.481 e. The van der Waals surface area contributed by atoms with Crippen molar-refractivity contribution in [2.45, 2.75) is 39.2 Å². The van der Waals surface area contributed by atoms with Crippen molar-refractivity contribution in [3.05, 3.63) is 0 Å². The maximum absolute atomic E-state index is 11.3. The largest absolute Gasteiger partial charge is 0.481 e. The lowest BCUT2D eigenvalue weighted by molar-refractivity contribution is -0.137. The quantitative estimate of drug-likeness (QED) is 0.575. The number of aliphatic hydroxyl groups excluding tert-OH is 1. The topological polar surface area (TPSA) is 86.6 Å². The highest BCUT2D eigenvalue weighted by Crippen LogP contribution is 2.02. The minimum absolute atomic E-state index is 0.00110. The van der Waals surface area contributed by atoms with Gasteiger partial charge in [-0.1, -0.05) is 13.8 Å². The first-order chi connectivity index (χ1) is 6.97. The molecule has 0 aliphatic rings. The SMILES string of the molecule is CC(C)[C@@H](CO)NC(=O)CCCC(=O)O. The maximum atomic E-state index is 11.3.